The highest BCUT2D eigenvalue weighted by molar-refractivity contribution is 5.85. The summed E-state index contributed by atoms with van der Waals surface area (Å²) in [6.45, 7) is 4.30. The van der Waals surface area contributed by atoms with Crippen molar-refractivity contribution in [2.24, 2.45) is 0 Å². The van der Waals surface area contributed by atoms with Gasteiger partial charge in [-0.25, -0.2) is 0 Å². The van der Waals surface area contributed by atoms with E-state index in [1.54, 1.807) is 0 Å². The summed E-state index contributed by atoms with van der Waals surface area (Å²) in [5.74, 6) is 0. The summed E-state index contributed by atoms with van der Waals surface area (Å²) in [6, 6.07) is 15.1. The molecule has 1 heteroatoms. The maximum Gasteiger partial charge on any atom is 0.0236 e. The van der Waals surface area contributed by atoms with Gasteiger partial charge in [-0.15, -0.1) is 0 Å². The Labute approximate surface area is 91.3 Å². The van der Waals surface area contributed by atoms with Crippen LogP contribution in [0.1, 0.15) is 12.5 Å². The van der Waals surface area contributed by atoms with Crippen LogP contribution in [0.4, 0.5) is 0 Å². The van der Waals surface area contributed by atoms with Crippen LogP contribution in [0.3, 0.4) is 0 Å². The van der Waals surface area contributed by atoms with Gasteiger partial charge in [-0.1, -0.05) is 49.4 Å². The van der Waals surface area contributed by atoms with Gasteiger partial charge in [-0.2, -0.15) is 0 Å². The Morgan fingerprint density at radius 2 is 1.73 bits per heavy atom. The van der Waals surface area contributed by atoms with Gasteiger partial charge in [0.2, 0.25) is 0 Å². The van der Waals surface area contributed by atoms with Crippen molar-refractivity contribution >= 4 is 10.8 Å². The van der Waals surface area contributed by atoms with E-state index in [1.807, 2.05) is 0 Å². The molecule has 78 valence electrons. The molecule has 1 nitrogen and oxygen atoms in total. The fraction of sp³-hybridized carbons (Fsp3) is 0.286. The summed E-state index contributed by atoms with van der Waals surface area (Å²) in [6.07, 6.45) is 0. The van der Waals surface area contributed by atoms with Crippen LogP contribution < -0.4 is 0 Å². The van der Waals surface area contributed by atoms with Crippen molar-refractivity contribution in [2.45, 2.75) is 13.5 Å². The lowest BCUT2D eigenvalue weighted by Crippen LogP contribution is -2.16. The topological polar surface area (TPSA) is 3.24 Å². The van der Waals surface area contributed by atoms with E-state index in [-0.39, 0.29) is 0 Å². The summed E-state index contributed by atoms with van der Waals surface area (Å²) in [4.78, 5) is 2.32. The molecule has 0 aromatic heterocycles. The largest absolute Gasteiger partial charge is 0.302 e. The molecule has 0 fully saturated rings. The van der Waals surface area contributed by atoms with Gasteiger partial charge < -0.3 is 4.90 Å². The zero-order chi connectivity index (χ0) is 10.7. The predicted molar refractivity (Wildman–Crippen MR) is 66.0 cm³/mol. The Kier molecular flexibility index (Phi) is 3.02. The van der Waals surface area contributed by atoms with Gasteiger partial charge in [-0.05, 0) is 29.9 Å². The zero-order valence-corrected chi connectivity index (χ0v) is 9.40. The second-order valence-electron chi connectivity index (χ2n) is 3.97. The molecule has 0 heterocycles. The normalized spacial score (nSPS) is 11.1. The molecular weight excluding hydrogens is 182 g/mol. The van der Waals surface area contributed by atoms with Crippen molar-refractivity contribution in [3.8, 4) is 0 Å². The number of nitrogens with zero attached hydrogens (tertiary/aromatic N) is 1. The smallest absolute Gasteiger partial charge is 0.0236 e. The van der Waals surface area contributed by atoms with E-state index < -0.39 is 0 Å². The molecular formula is C14H17N. The average Bonchev–Trinajstić information content (AvgIpc) is 2.29. The average molecular weight is 199 g/mol. The molecule has 15 heavy (non-hydrogen) atoms. The number of hydrogen-bond donors (Lipinski definition) is 0. The third kappa shape index (κ3) is 2.18. The standard InChI is InChI=1S/C14H17N/c1-3-15(2)11-13-9-6-8-12-7-4-5-10-14(12)13/h4-10H,3,11H2,1-2H3. The van der Waals surface area contributed by atoms with Crippen LogP contribution in [0, 0.1) is 0 Å². The van der Waals surface area contributed by atoms with Crippen molar-refractivity contribution in [3.05, 3.63) is 48.0 Å². The molecule has 0 radical (unpaired) electrons. The summed E-state index contributed by atoms with van der Waals surface area (Å²) < 4.78 is 0. The number of benzene rings is 2. The Bertz CT molecular complexity index is 443. The first kappa shape index (κ1) is 10.2. The van der Waals surface area contributed by atoms with Crippen LogP contribution in [0.2, 0.25) is 0 Å². The third-order valence-corrected chi connectivity index (χ3v) is 2.86. The van der Waals surface area contributed by atoms with E-state index in [9.17, 15) is 0 Å². The van der Waals surface area contributed by atoms with Gasteiger partial charge in [-0.3, -0.25) is 0 Å². The molecule has 0 spiro atoms. The molecule has 2 aromatic carbocycles. The summed E-state index contributed by atoms with van der Waals surface area (Å²) in [5.41, 5.74) is 1.41. The molecule has 0 atom stereocenters. The Morgan fingerprint density at radius 1 is 1.00 bits per heavy atom. The molecule has 0 aliphatic rings. The van der Waals surface area contributed by atoms with Crippen molar-refractivity contribution in [1.82, 2.24) is 4.90 Å². The van der Waals surface area contributed by atoms with Crippen molar-refractivity contribution < 1.29 is 0 Å². The maximum atomic E-state index is 2.32. The SMILES string of the molecule is CCN(C)Cc1cccc2ccccc12. The van der Waals surface area contributed by atoms with Crippen molar-refractivity contribution in [2.75, 3.05) is 13.6 Å². The van der Waals surface area contributed by atoms with Crippen molar-refractivity contribution in [3.63, 3.8) is 0 Å². The Balaban J connectivity index is 2.42. The maximum absolute atomic E-state index is 2.32. The molecule has 2 aromatic rings. The second kappa shape index (κ2) is 4.45. The molecule has 0 saturated carbocycles. The Hall–Kier alpha value is -1.34. The molecule has 0 amide bonds. The summed E-state index contributed by atoms with van der Waals surface area (Å²) >= 11 is 0. The lowest BCUT2D eigenvalue weighted by molar-refractivity contribution is 0.347. The van der Waals surface area contributed by atoms with Crippen LogP contribution in [0.5, 0.6) is 0 Å². The fourth-order valence-electron chi connectivity index (χ4n) is 1.83. The van der Waals surface area contributed by atoms with E-state index in [0.29, 0.717) is 0 Å². The van der Waals surface area contributed by atoms with E-state index in [1.165, 1.54) is 16.3 Å². The van der Waals surface area contributed by atoms with Crippen LogP contribution in [-0.4, -0.2) is 18.5 Å². The number of rotatable bonds is 3. The highest BCUT2D eigenvalue weighted by Gasteiger charge is 2.01. The molecule has 2 rings (SSSR count). The molecule has 0 bridgehead atoms. The highest BCUT2D eigenvalue weighted by Crippen LogP contribution is 2.19. The van der Waals surface area contributed by atoms with Crippen LogP contribution >= 0.6 is 0 Å². The van der Waals surface area contributed by atoms with Gasteiger partial charge >= 0.3 is 0 Å². The first-order valence-electron chi connectivity index (χ1n) is 5.46. The van der Waals surface area contributed by atoms with Crippen LogP contribution in [0.15, 0.2) is 42.5 Å². The molecule has 0 unspecified atom stereocenters. The predicted octanol–water partition coefficient (Wildman–Crippen LogP) is 3.29. The molecule has 0 aliphatic heterocycles. The fourth-order valence-corrected chi connectivity index (χ4v) is 1.83. The monoisotopic (exact) mass is 199 g/mol. The minimum atomic E-state index is 1.03. The lowest BCUT2D eigenvalue weighted by Gasteiger charge is -2.15. The third-order valence-electron chi connectivity index (χ3n) is 2.86. The van der Waals surface area contributed by atoms with Gasteiger partial charge in [0.25, 0.3) is 0 Å². The first-order valence-corrected chi connectivity index (χ1v) is 5.46. The van der Waals surface area contributed by atoms with Gasteiger partial charge in [0, 0.05) is 6.54 Å². The molecule has 0 aliphatic carbocycles. The zero-order valence-electron chi connectivity index (χ0n) is 9.40. The Morgan fingerprint density at radius 3 is 2.53 bits per heavy atom. The van der Waals surface area contributed by atoms with E-state index >= 15 is 0 Å². The molecule has 0 saturated heterocycles. The highest BCUT2D eigenvalue weighted by atomic mass is 15.1. The summed E-state index contributed by atoms with van der Waals surface area (Å²) in [7, 11) is 2.15. The molecule has 0 N–H and O–H groups in total. The van der Waals surface area contributed by atoms with Crippen molar-refractivity contribution in [1.29, 1.82) is 0 Å². The van der Waals surface area contributed by atoms with Gasteiger partial charge in [0.15, 0.2) is 0 Å². The van der Waals surface area contributed by atoms with E-state index in [2.05, 4.69) is 61.3 Å². The minimum absolute atomic E-state index is 1.03. The number of hydrogen-bond acceptors (Lipinski definition) is 1. The van der Waals surface area contributed by atoms with Gasteiger partial charge in [0.05, 0.1) is 0 Å². The quantitative estimate of drug-likeness (QED) is 0.733. The van der Waals surface area contributed by atoms with E-state index in [0.717, 1.165) is 13.1 Å². The van der Waals surface area contributed by atoms with Crippen LogP contribution in [0.25, 0.3) is 10.8 Å². The summed E-state index contributed by atoms with van der Waals surface area (Å²) in [5, 5.41) is 2.71. The minimum Gasteiger partial charge on any atom is -0.302 e. The van der Waals surface area contributed by atoms with Gasteiger partial charge in [0.1, 0.15) is 0 Å². The number of fused-ring (bicyclic) bond motifs is 1. The lowest BCUT2D eigenvalue weighted by atomic mass is 10.0. The first-order chi connectivity index (χ1) is 7.31. The van der Waals surface area contributed by atoms with Crippen LogP contribution in [-0.2, 0) is 6.54 Å². The second-order valence-corrected chi connectivity index (χ2v) is 3.97. The van der Waals surface area contributed by atoms with E-state index in [4.69, 9.17) is 0 Å².